The Labute approximate surface area is 167 Å². The number of hydrogen-bond acceptors (Lipinski definition) is 8. The van der Waals surface area contributed by atoms with Crippen molar-refractivity contribution in [1.82, 2.24) is 15.0 Å². The lowest BCUT2D eigenvalue weighted by atomic mass is 10.1. The van der Waals surface area contributed by atoms with Crippen molar-refractivity contribution in [3.63, 3.8) is 0 Å². The molecular formula is C18H21N5O3S2. The monoisotopic (exact) mass is 419 g/mol. The van der Waals surface area contributed by atoms with Crippen LogP contribution in [0.15, 0.2) is 36.7 Å². The fourth-order valence-corrected chi connectivity index (χ4v) is 4.12. The normalized spacial score (nSPS) is 12.0. The van der Waals surface area contributed by atoms with Gasteiger partial charge in [0.15, 0.2) is 0 Å². The first-order chi connectivity index (χ1) is 13.1. The van der Waals surface area contributed by atoms with E-state index in [-0.39, 0.29) is 0 Å². The van der Waals surface area contributed by atoms with E-state index in [1.54, 1.807) is 39.4 Å². The van der Waals surface area contributed by atoms with E-state index in [9.17, 15) is 8.42 Å². The summed E-state index contributed by atoms with van der Waals surface area (Å²) in [6, 6.07) is 7.55. The number of nitrogens with one attached hydrogen (secondary N) is 1. The molecule has 0 saturated heterocycles. The molecule has 3 N–H and O–H groups in total. The number of nitrogens with two attached hydrogens (primary N) is 1. The summed E-state index contributed by atoms with van der Waals surface area (Å²) < 4.78 is 27.6. The van der Waals surface area contributed by atoms with Crippen molar-refractivity contribution in [3.05, 3.63) is 47.2 Å². The molecule has 0 amide bonds. The maximum absolute atomic E-state index is 11.9. The van der Waals surface area contributed by atoms with E-state index in [1.807, 2.05) is 25.1 Å². The molecule has 0 aliphatic heterocycles. The Hall–Kier alpha value is -2.56. The maximum atomic E-state index is 11.9. The second-order valence-corrected chi connectivity index (χ2v) is 9.86. The second kappa shape index (κ2) is 7.46. The molecule has 3 aromatic rings. The van der Waals surface area contributed by atoms with E-state index in [0.29, 0.717) is 16.8 Å². The zero-order chi connectivity index (χ0) is 20.5. The first kappa shape index (κ1) is 20.2. The highest BCUT2D eigenvalue weighted by Crippen LogP contribution is 2.36. The van der Waals surface area contributed by atoms with E-state index in [0.717, 1.165) is 21.7 Å². The minimum Gasteiger partial charge on any atom is -0.481 e. The summed E-state index contributed by atoms with van der Waals surface area (Å²) in [6.07, 6.45) is 3.27. The van der Waals surface area contributed by atoms with Gasteiger partial charge in [-0.05, 0) is 44.0 Å². The molecule has 0 atom stereocenters. The van der Waals surface area contributed by atoms with Gasteiger partial charge in [-0.2, -0.15) is 4.98 Å². The van der Waals surface area contributed by atoms with Crippen LogP contribution < -0.4 is 15.2 Å². The summed E-state index contributed by atoms with van der Waals surface area (Å²) in [7, 11) is -2.24. The lowest BCUT2D eigenvalue weighted by Crippen LogP contribution is -2.35. The number of methoxy groups -OCH3 is 1. The van der Waals surface area contributed by atoms with E-state index in [2.05, 4.69) is 20.3 Å². The number of nitrogens with zero attached hydrogens (tertiary/aromatic N) is 3. The Kier molecular flexibility index (Phi) is 5.37. The molecule has 2 aromatic heterocycles. The van der Waals surface area contributed by atoms with Crippen LogP contribution in [0.5, 0.6) is 5.88 Å². The van der Waals surface area contributed by atoms with Crippen LogP contribution in [0.3, 0.4) is 0 Å². The van der Waals surface area contributed by atoms with E-state index in [4.69, 9.17) is 9.88 Å². The Morgan fingerprint density at radius 2 is 1.96 bits per heavy atom. The molecular weight excluding hydrogens is 398 g/mol. The Balaban J connectivity index is 1.94. The van der Waals surface area contributed by atoms with Crippen molar-refractivity contribution < 1.29 is 13.2 Å². The minimum atomic E-state index is -3.78. The van der Waals surface area contributed by atoms with Gasteiger partial charge in [0, 0.05) is 24.1 Å². The highest BCUT2D eigenvalue weighted by atomic mass is 32.2. The molecule has 28 heavy (non-hydrogen) atoms. The van der Waals surface area contributed by atoms with Crippen molar-refractivity contribution in [3.8, 4) is 16.3 Å². The smallest absolute Gasteiger partial charge is 0.230 e. The molecule has 3 rings (SSSR count). The van der Waals surface area contributed by atoms with Gasteiger partial charge in [0.2, 0.25) is 21.9 Å². The third kappa shape index (κ3) is 4.13. The van der Waals surface area contributed by atoms with Gasteiger partial charge in [-0.15, -0.1) is 11.3 Å². The number of aromatic nitrogens is 3. The number of hydrogen-bond donors (Lipinski definition) is 2. The van der Waals surface area contributed by atoms with Crippen molar-refractivity contribution in [2.24, 2.45) is 5.14 Å². The summed E-state index contributed by atoms with van der Waals surface area (Å²) in [5.74, 6) is 0.874. The Morgan fingerprint density at radius 1 is 1.21 bits per heavy atom. The number of sulfonamides is 1. The van der Waals surface area contributed by atoms with Gasteiger partial charge < -0.3 is 10.1 Å². The molecule has 0 saturated carbocycles. The molecule has 0 spiro atoms. The van der Waals surface area contributed by atoms with E-state index in [1.165, 1.54) is 11.3 Å². The van der Waals surface area contributed by atoms with Crippen LogP contribution in [0.25, 0.3) is 10.4 Å². The van der Waals surface area contributed by atoms with Crippen LogP contribution in [0.4, 0.5) is 11.6 Å². The summed E-state index contributed by atoms with van der Waals surface area (Å²) >= 11 is 1.30. The predicted octanol–water partition coefficient (Wildman–Crippen LogP) is 3.18. The highest BCUT2D eigenvalue weighted by Gasteiger charge is 2.36. The number of thiazole rings is 1. The van der Waals surface area contributed by atoms with Gasteiger partial charge in [0.1, 0.15) is 9.75 Å². The van der Waals surface area contributed by atoms with E-state index < -0.39 is 14.8 Å². The summed E-state index contributed by atoms with van der Waals surface area (Å²) in [5.41, 5.74) is 2.71. The molecule has 0 radical (unpaired) electrons. The standard InChI is InChI=1S/C18H21N5O3S2/c1-11-7-12(14-10-21-16(27-14)18(2,3)28(19,24)25)9-13(8-11)22-17-20-6-5-15(23-17)26-4/h5-10H,1-4H3,(H2,19,24,25)(H,20,22,23). The molecule has 2 heterocycles. The topological polar surface area (TPSA) is 120 Å². The summed E-state index contributed by atoms with van der Waals surface area (Å²) in [5, 5.41) is 8.95. The van der Waals surface area contributed by atoms with Gasteiger partial charge >= 0.3 is 0 Å². The van der Waals surface area contributed by atoms with Crippen LogP contribution >= 0.6 is 11.3 Å². The van der Waals surface area contributed by atoms with Crippen molar-refractivity contribution in [2.75, 3.05) is 12.4 Å². The lowest BCUT2D eigenvalue weighted by Gasteiger charge is -2.18. The number of ether oxygens (including phenoxy) is 1. The molecule has 8 nitrogen and oxygen atoms in total. The molecule has 0 bridgehead atoms. The zero-order valence-corrected chi connectivity index (χ0v) is 17.6. The Morgan fingerprint density at radius 3 is 2.64 bits per heavy atom. The number of primary sulfonamides is 1. The van der Waals surface area contributed by atoms with Crippen molar-refractivity contribution in [1.29, 1.82) is 0 Å². The summed E-state index contributed by atoms with van der Waals surface area (Å²) in [4.78, 5) is 13.6. The second-order valence-electron chi connectivity index (χ2n) is 6.72. The largest absolute Gasteiger partial charge is 0.481 e. The number of anilines is 2. The average molecular weight is 420 g/mol. The van der Waals surface area contributed by atoms with Gasteiger partial charge in [-0.25, -0.2) is 23.5 Å². The number of benzene rings is 1. The highest BCUT2D eigenvalue weighted by molar-refractivity contribution is 7.90. The molecule has 148 valence electrons. The first-order valence-corrected chi connectivity index (χ1v) is 10.7. The third-order valence-corrected chi connectivity index (χ3v) is 7.30. The van der Waals surface area contributed by atoms with Crippen LogP contribution in [0, 0.1) is 6.92 Å². The molecule has 0 fully saturated rings. The third-order valence-electron chi connectivity index (χ3n) is 4.19. The molecule has 1 aromatic carbocycles. The van der Waals surface area contributed by atoms with Crippen LogP contribution in [-0.2, 0) is 14.8 Å². The average Bonchev–Trinajstić information content (AvgIpc) is 3.11. The van der Waals surface area contributed by atoms with Gasteiger partial charge in [0.05, 0.1) is 12.0 Å². The molecule has 10 heteroatoms. The van der Waals surface area contributed by atoms with Crippen LogP contribution in [-0.4, -0.2) is 30.5 Å². The van der Waals surface area contributed by atoms with Crippen molar-refractivity contribution in [2.45, 2.75) is 25.5 Å². The molecule has 0 aliphatic rings. The quantitative estimate of drug-likeness (QED) is 0.629. The first-order valence-electron chi connectivity index (χ1n) is 8.35. The summed E-state index contributed by atoms with van der Waals surface area (Å²) in [6.45, 7) is 5.07. The van der Waals surface area contributed by atoms with Gasteiger partial charge in [0.25, 0.3) is 0 Å². The SMILES string of the molecule is COc1ccnc(Nc2cc(C)cc(-c3cnc(C(C)(C)S(N)(=O)=O)s3)c2)n1. The van der Waals surface area contributed by atoms with Crippen LogP contribution in [0.2, 0.25) is 0 Å². The van der Waals surface area contributed by atoms with Gasteiger partial charge in [-0.3, -0.25) is 0 Å². The number of aryl methyl sites for hydroxylation is 1. The number of rotatable bonds is 6. The predicted molar refractivity (Wildman–Crippen MR) is 110 cm³/mol. The molecule has 0 unspecified atom stereocenters. The van der Waals surface area contributed by atoms with Crippen LogP contribution in [0.1, 0.15) is 24.4 Å². The zero-order valence-electron chi connectivity index (χ0n) is 15.9. The minimum absolute atomic E-state index is 0.413. The fraction of sp³-hybridized carbons (Fsp3) is 0.278. The fourth-order valence-electron chi connectivity index (χ4n) is 2.45. The van der Waals surface area contributed by atoms with Crippen molar-refractivity contribution >= 4 is 33.0 Å². The van der Waals surface area contributed by atoms with E-state index >= 15 is 0 Å². The van der Waals surface area contributed by atoms with Gasteiger partial charge in [-0.1, -0.05) is 6.07 Å². The Bertz CT molecular complexity index is 1110. The maximum Gasteiger partial charge on any atom is 0.230 e. The molecule has 0 aliphatic carbocycles. The lowest BCUT2D eigenvalue weighted by molar-refractivity contribution is 0.397.